The van der Waals surface area contributed by atoms with E-state index in [1.807, 2.05) is 27.7 Å². The van der Waals surface area contributed by atoms with Crippen molar-refractivity contribution in [1.82, 2.24) is 4.90 Å². The summed E-state index contributed by atoms with van der Waals surface area (Å²) in [7, 11) is 1.73. The lowest BCUT2D eigenvalue weighted by atomic mass is 10.2. The summed E-state index contributed by atoms with van der Waals surface area (Å²) in [5.74, 6) is 0.790. The van der Waals surface area contributed by atoms with Crippen molar-refractivity contribution in [3.8, 4) is 0 Å². The Morgan fingerprint density at radius 3 is 1.85 bits per heavy atom. The standard InChI is InChI=1S/C8H17NO.C5H12O.2C2H6/c1-8(2)7-9-3-5-10-6-4-9;1-3-4-5-6-2;2*1-2/h8H,3-7H2,1-2H3;3-5H2,1-2H3;2*1-2H3. The van der Waals surface area contributed by atoms with Gasteiger partial charge < -0.3 is 9.47 Å². The van der Waals surface area contributed by atoms with Gasteiger partial charge in [-0.15, -0.1) is 0 Å². The third kappa shape index (κ3) is 23.0. The fourth-order valence-electron chi connectivity index (χ4n) is 1.59. The predicted octanol–water partition coefficient (Wildman–Crippen LogP) is 4.46. The number of morpholine rings is 1. The van der Waals surface area contributed by atoms with E-state index < -0.39 is 0 Å². The Balaban J connectivity index is -0.000000250. The summed E-state index contributed by atoms with van der Waals surface area (Å²) in [4.78, 5) is 2.47. The molecule has 1 aliphatic heterocycles. The Morgan fingerprint density at radius 2 is 1.55 bits per heavy atom. The van der Waals surface area contributed by atoms with Crippen LogP contribution < -0.4 is 0 Å². The van der Waals surface area contributed by atoms with Crippen molar-refractivity contribution in [2.75, 3.05) is 46.6 Å². The number of rotatable bonds is 5. The zero-order valence-corrected chi connectivity index (χ0v) is 15.5. The van der Waals surface area contributed by atoms with Crippen molar-refractivity contribution >= 4 is 0 Å². The van der Waals surface area contributed by atoms with Gasteiger partial charge >= 0.3 is 0 Å². The molecule has 126 valence electrons. The van der Waals surface area contributed by atoms with E-state index in [-0.39, 0.29) is 0 Å². The van der Waals surface area contributed by atoms with Crippen LogP contribution in [0.1, 0.15) is 61.3 Å². The molecule has 0 N–H and O–H groups in total. The Morgan fingerprint density at radius 1 is 1.05 bits per heavy atom. The monoisotopic (exact) mass is 291 g/mol. The van der Waals surface area contributed by atoms with E-state index in [0.717, 1.165) is 38.8 Å². The molecule has 1 rings (SSSR count). The molecule has 0 bridgehead atoms. The first kappa shape index (κ1) is 24.9. The quantitative estimate of drug-likeness (QED) is 0.698. The van der Waals surface area contributed by atoms with E-state index in [1.165, 1.54) is 19.4 Å². The van der Waals surface area contributed by atoms with Crippen LogP contribution in [0.4, 0.5) is 0 Å². The Labute approximate surface area is 129 Å². The smallest absolute Gasteiger partial charge is 0.0594 e. The van der Waals surface area contributed by atoms with E-state index in [9.17, 15) is 0 Å². The van der Waals surface area contributed by atoms with Crippen molar-refractivity contribution in [3.05, 3.63) is 0 Å². The Hall–Kier alpha value is -0.120. The number of hydrogen-bond donors (Lipinski definition) is 0. The van der Waals surface area contributed by atoms with Crippen LogP contribution in [-0.4, -0.2) is 51.5 Å². The van der Waals surface area contributed by atoms with E-state index in [2.05, 4.69) is 25.7 Å². The summed E-state index contributed by atoms with van der Waals surface area (Å²) < 4.78 is 10.0. The Kier molecular flexibility index (Phi) is 29.8. The molecule has 0 atom stereocenters. The highest BCUT2D eigenvalue weighted by Crippen LogP contribution is 2.01. The van der Waals surface area contributed by atoms with Gasteiger partial charge in [0.15, 0.2) is 0 Å². The molecule has 0 aromatic heterocycles. The molecule has 3 nitrogen and oxygen atoms in total. The second-order valence-electron chi connectivity index (χ2n) is 4.65. The molecule has 0 aromatic carbocycles. The normalized spacial score (nSPS) is 14.2. The molecule has 1 aliphatic rings. The molecular weight excluding hydrogens is 250 g/mol. The third-order valence-corrected chi connectivity index (χ3v) is 2.43. The van der Waals surface area contributed by atoms with E-state index >= 15 is 0 Å². The van der Waals surface area contributed by atoms with Gasteiger partial charge in [0.05, 0.1) is 13.2 Å². The molecule has 0 saturated carbocycles. The molecule has 1 saturated heterocycles. The summed E-state index contributed by atoms with van der Waals surface area (Å²) in [5, 5.41) is 0. The molecule has 0 aromatic rings. The topological polar surface area (TPSA) is 21.7 Å². The molecule has 3 heteroatoms. The number of nitrogens with zero attached hydrogens (tertiary/aromatic N) is 1. The number of hydrogen-bond acceptors (Lipinski definition) is 3. The van der Waals surface area contributed by atoms with Crippen LogP contribution >= 0.6 is 0 Å². The van der Waals surface area contributed by atoms with Crippen LogP contribution in [0.3, 0.4) is 0 Å². The van der Waals surface area contributed by atoms with Gasteiger partial charge in [-0.1, -0.05) is 54.9 Å². The van der Waals surface area contributed by atoms with E-state index in [0.29, 0.717) is 0 Å². The van der Waals surface area contributed by atoms with Crippen LogP contribution in [0.5, 0.6) is 0 Å². The van der Waals surface area contributed by atoms with Crippen molar-refractivity contribution in [2.24, 2.45) is 5.92 Å². The summed E-state index contributed by atoms with van der Waals surface area (Å²) in [5.41, 5.74) is 0. The molecule has 0 amide bonds. The first-order valence-corrected chi connectivity index (χ1v) is 8.49. The average Bonchev–Trinajstić information content (AvgIpc) is 2.50. The van der Waals surface area contributed by atoms with Crippen LogP contribution in [0.2, 0.25) is 0 Å². The van der Waals surface area contributed by atoms with E-state index in [1.54, 1.807) is 7.11 Å². The minimum atomic E-state index is 0.790. The van der Waals surface area contributed by atoms with Crippen molar-refractivity contribution in [3.63, 3.8) is 0 Å². The number of unbranched alkanes of at least 4 members (excludes halogenated alkanes) is 1. The minimum absolute atomic E-state index is 0.790. The predicted molar refractivity (Wildman–Crippen MR) is 91.6 cm³/mol. The van der Waals surface area contributed by atoms with Crippen LogP contribution in [0, 0.1) is 5.92 Å². The Bertz CT molecular complexity index is 131. The van der Waals surface area contributed by atoms with Gasteiger partial charge in [-0.2, -0.15) is 0 Å². The zero-order valence-electron chi connectivity index (χ0n) is 15.5. The number of ether oxygens (including phenoxy) is 2. The maximum absolute atomic E-state index is 5.24. The molecule has 0 spiro atoms. The first-order chi connectivity index (χ1) is 9.70. The largest absolute Gasteiger partial charge is 0.385 e. The summed E-state index contributed by atoms with van der Waals surface area (Å²) in [6.45, 7) is 20.9. The third-order valence-electron chi connectivity index (χ3n) is 2.43. The lowest BCUT2D eigenvalue weighted by Crippen LogP contribution is -2.38. The number of methoxy groups -OCH3 is 1. The van der Waals surface area contributed by atoms with Gasteiger partial charge in [-0.05, 0) is 12.3 Å². The highest BCUT2D eigenvalue weighted by Gasteiger charge is 2.10. The molecule has 0 aliphatic carbocycles. The highest BCUT2D eigenvalue weighted by atomic mass is 16.5. The fraction of sp³-hybridized carbons (Fsp3) is 1.00. The van der Waals surface area contributed by atoms with Crippen molar-refractivity contribution in [2.45, 2.75) is 61.3 Å². The van der Waals surface area contributed by atoms with Crippen molar-refractivity contribution in [1.29, 1.82) is 0 Å². The lowest BCUT2D eigenvalue weighted by Gasteiger charge is -2.27. The van der Waals surface area contributed by atoms with Gasteiger partial charge in [0.1, 0.15) is 0 Å². The van der Waals surface area contributed by atoms with Crippen molar-refractivity contribution < 1.29 is 9.47 Å². The van der Waals surface area contributed by atoms with Crippen LogP contribution in [-0.2, 0) is 9.47 Å². The van der Waals surface area contributed by atoms with Gasteiger partial charge in [0.25, 0.3) is 0 Å². The highest BCUT2D eigenvalue weighted by molar-refractivity contribution is 4.62. The zero-order chi connectivity index (χ0) is 16.2. The SMILES string of the molecule is CC.CC.CC(C)CN1CCOCC1.CCCCOC. The second-order valence-corrected chi connectivity index (χ2v) is 4.65. The first-order valence-electron chi connectivity index (χ1n) is 8.49. The van der Waals surface area contributed by atoms with Gasteiger partial charge in [-0.25, -0.2) is 0 Å². The second kappa shape index (κ2) is 23.9. The lowest BCUT2D eigenvalue weighted by molar-refractivity contribution is 0.0329. The molecule has 0 radical (unpaired) electrons. The molecule has 20 heavy (non-hydrogen) atoms. The van der Waals surface area contributed by atoms with E-state index in [4.69, 9.17) is 9.47 Å². The fourth-order valence-corrected chi connectivity index (χ4v) is 1.59. The maximum Gasteiger partial charge on any atom is 0.0594 e. The summed E-state index contributed by atoms with van der Waals surface area (Å²) in [6, 6.07) is 0. The average molecular weight is 292 g/mol. The molecule has 1 heterocycles. The maximum atomic E-state index is 5.24. The van der Waals surface area contributed by atoms with Crippen LogP contribution in [0.25, 0.3) is 0 Å². The van der Waals surface area contributed by atoms with Gasteiger partial charge in [0, 0.05) is 33.4 Å². The van der Waals surface area contributed by atoms with Crippen LogP contribution in [0.15, 0.2) is 0 Å². The summed E-state index contributed by atoms with van der Waals surface area (Å²) >= 11 is 0. The van der Waals surface area contributed by atoms with Gasteiger partial charge in [-0.3, -0.25) is 4.90 Å². The van der Waals surface area contributed by atoms with Gasteiger partial charge in [0.2, 0.25) is 0 Å². The molecular formula is C17H41NO2. The molecule has 0 unspecified atom stereocenters. The minimum Gasteiger partial charge on any atom is -0.385 e. The molecule has 1 fully saturated rings. The summed E-state index contributed by atoms with van der Waals surface area (Å²) in [6.07, 6.45) is 2.42.